The molecule has 0 heterocycles. The van der Waals surface area contributed by atoms with Gasteiger partial charge in [0.2, 0.25) is 0 Å². The Labute approximate surface area is 81.8 Å². The molecule has 1 aromatic carbocycles. The smallest absolute Gasteiger partial charge is 0.101 e. The highest BCUT2D eigenvalue weighted by atomic mass is 32.2. The topological polar surface area (TPSA) is 47.6 Å². The molecule has 0 amide bonds. The molecule has 0 bridgehead atoms. The molecule has 0 unspecified atom stereocenters. The van der Waals surface area contributed by atoms with Crippen molar-refractivity contribution in [2.75, 3.05) is 6.26 Å². The van der Waals surface area contributed by atoms with Crippen LogP contribution in [-0.4, -0.2) is 6.26 Å². The standard InChI is InChI=1S/C10H8N2S/c1-7-8(5-11)3-4-10(13-2)9(7)6-12/h3-4H,1-2H3. The van der Waals surface area contributed by atoms with E-state index in [9.17, 15) is 0 Å². The number of rotatable bonds is 1. The summed E-state index contributed by atoms with van der Waals surface area (Å²) in [6.45, 7) is 1.80. The van der Waals surface area contributed by atoms with Gasteiger partial charge in [-0.2, -0.15) is 10.5 Å². The van der Waals surface area contributed by atoms with E-state index in [1.807, 2.05) is 12.3 Å². The lowest BCUT2D eigenvalue weighted by atomic mass is 10.0. The number of benzene rings is 1. The second-order valence-electron chi connectivity index (χ2n) is 2.54. The Bertz CT molecular complexity index is 410. The van der Waals surface area contributed by atoms with Crippen molar-refractivity contribution in [1.29, 1.82) is 10.5 Å². The molecule has 0 saturated heterocycles. The van der Waals surface area contributed by atoms with Crippen molar-refractivity contribution in [1.82, 2.24) is 0 Å². The van der Waals surface area contributed by atoms with Crippen LogP contribution < -0.4 is 0 Å². The molecule has 3 heteroatoms. The van der Waals surface area contributed by atoms with E-state index in [1.54, 1.807) is 13.0 Å². The fourth-order valence-corrected chi connectivity index (χ4v) is 1.72. The Morgan fingerprint density at radius 3 is 2.38 bits per heavy atom. The SMILES string of the molecule is CSc1ccc(C#N)c(C)c1C#N. The normalized spacial score (nSPS) is 8.92. The molecule has 0 N–H and O–H groups in total. The lowest BCUT2D eigenvalue weighted by Gasteiger charge is -2.04. The quantitative estimate of drug-likeness (QED) is 0.636. The molecule has 0 aromatic heterocycles. The summed E-state index contributed by atoms with van der Waals surface area (Å²) in [6.07, 6.45) is 1.92. The summed E-state index contributed by atoms with van der Waals surface area (Å²) >= 11 is 1.52. The van der Waals surface area contributed by atoms with Crippen molar-refractivity contribution >= 4 is 11.8 Å². The maximum absolute atomic E-state index is 8.88. The van der Waals surface area contributed by atoms with E-state index in [4.69, 9.17) is 10.5 Å². The molecule has 0 aliphatic heterocycles. The van der Waals surface area contributed by atoms with Crippen LogP contribution in [0.3, 0.4) is 0 Å². The average molecular weight is 188 g/mol. The average Bonchev–Trinajstić information content (AvgIpc) is 2.17. The van der Waals surface area contributed by atoms with Crippen LogP contribution in [0.15, 0.2) is 17.0 Å². The first-order chi connectivity index (χ1) is 6.24. The molecule has 2 nitrogen and oxygen atoms in total. The summed E-state index contributed by atoms with van der Waals surface area (Å²) < 4.78 is 0. The fraction of sp³-hybridized carbons (Fsp3) is 0.200. The van der Waals surface area contributed by atoms with E-state index in [2.05, 4.69) is 12.1 Å². The molecule has 13 heavy (non-hydrogen) atoms. The van der Waals surface area contributed by atoms with E-state index < -0.39 is 0 Å². The monoisotopic (exact) mass is 188 g/mol. The van der Waals surface area contributed by atoms with Crippen molar-refractivity contribution in [2.24, 2.45) is 0 Å². The fourth-order valence-electron chi connectivity index (χ4n) is 1.12. The van der Waals surface area contributed by atoms with Gasteiger partial charge in [0, 0.05) is 4.90 Å². The lowest BCUT2D eigenvalue weighted by molar-refractivity contribution is 1.27. The highest BCUT2D eigenvalue weighted by Gasteiger charge is 2.07. The Morgan fingerprint density at radius 2 is 1.92 bits per heavy atom. The van der Waals surface area contributed by atoms with Gasteiger partial charge in [-0.05, 0) is 30.9 Å². The summed E-state index contributed by atoms with van der Waals surface area (Å²) in [5.41, 5.74) is 1.97. The van der Waals surface area contributed by atoms with Gasteiger partial charge in [0.15, 0.2) is 0 Å². The zero-order valence-corrected chi connectivity index (χ0v) is 8.27. The first-order valence-corrected chi connectivity index (χ1v) is 4.95. The maximum atomic E-state index is 8.88. The Kier molecular flexibility index (Phi) is 2.95. The minimum Gasteiger partial charge on any atom is -0.192 e. The third-order valence-electron chi connectivity index (χ3n) is 1.88. The van der Waals surface area contributed by atoms with Crippen LogP contribution in [0.1, 0.15) is 16.7 Å². The molecule has 0 radical (unpaired) electrons. The van der Waals surface area contributed by atoms with Gasteiger partial charge in [-0.1, -0.05) is 0 Å². The zero-order chi connectivity index (χ0) is 9.84. The van der Waals surface area contributed by atoms with Gasteiger partial charge in [-0.25, -0.2) is 0 Å². The van der Waals surface area contributed by atoms with Crippen molar-refractivity contribution in [2.45, 2.75) is 11.8 Å². The van der Waals surface area contributed by atoms with Gasteiger partial charge in [0.05, 0.1) is 17.2 Å². The highest BCUT2D eigenvalue weighted by molar-refractivity contribution is 7.98. The molecule has 0 aliphatic rings. The number of hydrogen-bond acceptors (Lipinski definition) is 3. The molecule has 0 spiro atoms. The van der Waals surface area contributed by atoms with Crippen molar-refractivity contribution < 1.29 is 0 Å². The van der Waals surface area contributed by atoms with Crippen LogP contribution in [0.5, 0.6) is 0 Å². The van der Waals surface area contributed by atoms with Crippen molar-refractivity contribution in [3.05, 3.63) is 28.8 Å². The number of nitriles is 2. The molecule has 1 rings (SSSR count). The van der Waals surface area contributed by atoms with Crippen LogP contribution in [-0.2, 0) is 0 Å². The first kappa shape index (κ1) is 9.64. The summed E-state index contributed by atoms with van der Waals surface area (Å²) in [5.74, 6) is 0. The van der Waals surface area contributed by atoms with Gasteiger partial charge in [0.1, 0.15) is 6.07 Å². The Morgan fingerprint density at radius 1 is 1.23 bits per heavy atom. The molecule has 0 saturated carbocycles. The summed E-state index contributed by atoms with van der Waals surface area (Å²) in [4.78, 5) is 0.930. The Hall–Kier alpha value is -1.45. The summed E-state index contributed by atoms with van der Waals surface area (Å²) in [7, 11) is 0. The van der Waals surface area contributed by atoms with Gasteiger partial charge in [0.25, 0.3) is 0 Å². The van der Waals surface area contributed by atoms with E-state index in [-0.39, 0.29) is 0 Å². The van der Waals surface area contributed by atoms with E-state index in [0.717, 1.165) is 10.5 Å². The summed E-state index contributed by atoms with van der Waals surface area (Å²) in [5, 5.41) is 17.6. The van der Waals surface area contributed by atoms with E-state index in [1.165, 1.54) is 11.8 Å². The molecular weight excluding hydrogens is 180 g/mol. The predicted octanol–water partition coefficient (Wildman–Crippen LogP) is 2.46. The van der Waals surface area contributed by atoms with Gasteiger partial charge < -0.3 is 0 Å². The van der Waals surface area contributed by atoms with Crippen LogP contribution >= 0.6 is 11.8 Å². The van der Waals surface area contributed by atoms with Crippen LogP contribution in [0.2, 0.25) is 0 Å². The number of nitrogens with zero attached hydrogens (tertiary/aromatic N) is 2. The van der Waals surface area contributed by atoms with Gasteiger partial charge in [-0.15, -0.1) is 11.8 Å². The molecule has 64 valence electrons. The van der Waals surface area contributed by atoms with E-state index in [0.29, 0.717) is 11.1 Å². The van der Waals surface area contributed by atoms with Crippen LogP contribution in [0, 0.1) is 29.6 Å². The van der Waals surface area contributed by atoms with Crippen LogP contribution in [0.4, 0.5) is 0 Å². The predicted molar refractivity (Wildman–Crippen MR) is 52.4 cm³/mol. The number of thioether (sulfide) groups is 1. The summed E-state index contributed by atoms with van der Waals surface area (Å²) in [6, 6.07) is 7.74. The third-order valence-corrected chi connectivity index (χ3v) is 2.66. The second kappa shape index (κ2) is 3.98. The largest absolute Gasteiger partial charge is 0.192 e. The van der Waals surface area contributed by atoms with E-state index >= 15 is 0 Å². The van der Waals surface area contributed by atoms with Gasteiger partial charge in [-0.3, -0.25) is 0 Å². The maximum Gasteiger partial charge on any atom is 0.101 e. The molecule has 1 aromatic rings. The molecule has 0 fully saturated rings. The van der Waals surface area contributed by atoms with Crippen LogP contribution in [0.25, 0.3) is 0 Å². The van der Waals surface area contributed by atoms with Gasteiger partial charge >= 0.3 is 0 Å². The zero-order valence-electron chi connectivity index (χ0n) is 7.46. The molecule has 0 atom stereocenters. The lowest BCUT2D eigenvalue weighted by Crippen LogP contribution is -1.90. The minimum atomic E-state index is 0.578. The van der Waals surface area contributed by atoms with Crippen molar-refractivity contribution in [3.63, 3.8) is 0 Å². The molecular formula is C10H8N2S. The Balaban J connectivity index is 3.45. The minimum absolute atomic E-state index is 0.578. The third kappa shape index (κ3) is 1.66. The second-order valence-corrected chi connectivity index (χ2v) is 3.39. The first-order valence-electron chi connectivity index (χ1n) is 3.72. The van der Waals surface area contributed by atoms with Crippen molar-refractivity contribution in [3.8, 4) is 12.1 Å². The highest BCUT2D eigenvalue weighted by Crippen LogP contribution is 2.24. The molecule has 0 aliphatic carbocycles. The number of hydrogen-bond donors (Lipinski definition) is 0.